The number of methoxy groups -OCH3 is 1. The highest BCUT2D eigenvalue weighted by atomic mass is 79.9. The molecular weight excluding hydrogens is 330 g/mol. The van der Waals surface area contributed by atoms with Crippen LogP contribution in [-0.4, -0.2) is 23.2 Å². The van der Waals surface area contributed by atoms with Crippen molar-refractivity contribution in [3.05, 3.63) is 46.5 Å². The van der Waals surface area contributed by atoms with E-state index in [1.807, 2.05) is 25.4 Å². The quantitative estimate of drug-likeness (QED) is 0.830. The summed E-state index contributed by atoms with van der Waals surface area (Å²) in [6.45, 7) is 7.10. The first-order chi connectivity index (χ1) is 10.1. The zero-order chi connectivity index (χ0) is 15.2. The predicted octanol–water partition coefficient (Wildman–Crippen LogP) is 3.39. The Hall–Kier alpha value is -1.33. The van der Waals surface area contributed by atoms with Crippen LogP contribution in [0.3, 0.4) is 0 Å². The fourth-order valence-corrected chi connectivity index (χ4v) is 2.87. The van der Waals surface area contributed by atoms with E-state index in [2.05, 4.69) is 49.9 Å². The van der Waals surface area contributed by atoms with Crippen LogP contribution in [0.25, 0.3) is 0 Å². The molecule has 0 aliphatic heterocycles. The molecule has 1 aromatic carbocycles. The molecule has 5 heteroatoms. The number of aryl methyl sites for hydroxylation is 1. The number of nitrogens with one attached hydrogen (secondary N) is 1. The number of hydrogen-bond acceptors (Lipinski definition) is 3. The van der Waals surface area contributed by atoms with E-state index in [-0.39, 0.29) is 0 Å². The molecule has 0 aliphatic carbocycles. The maximum atomic E-state index is 5.24. The second kappa shape index (κ2) is 7.61. The Morgan fingerprint density at radius 1 is 1.43 bits per heavy atom. The second-order valence-corrected chi connectivity index (χ2v) is 6.19. The predicted molar refractivity (Wildman–Crippen MR) is 88.5 cm³/mol. The molecule has 0 saturated heterocycles. The molecule has 1 atom stereocenters. The van der Waals surface area contributed by atoms with E-state index in [9.17, 15) is 0 Å². The number of imidazole rings is 1. The third-order valence-electron chi connectivity index (χ3n) is 3.47. The zero-order valence-electron chi connectivity index (χ0n) is 12.8. The molecule has 0 saturated carbocycles. The van der Waals surface area contributed by atoms with Crippen LogP contribution in [0.5, 0.6) is 5.75 Å². The van der Waals surface area contributed by atoms with E-state index in [1.54, 1.807) is 7.11 Å². The summed E-state index contributed by atoms with van der Waals surface area (Å²) in [7, 11) is 1.68. The van der Waals surface area contributed by atoms with Gasteiger partial charge in [0, 0.05) is 25.5 Å². The SMILES string of the molecule is COc1ccc(CNCC(C)Cn2ccnc2C)cc1Br. The summed E-state index contributed by atoms with van der Waals surface area (Å²) in [4.78, 5) is 4.25. The smallest absolute Gasteiger partial charge is 0.133 e. The van der Waals surface area contributed by atoms with Crippen LogP contribution in [0.2, 0.25) is 0 Å². The Bertz CT molecular complexity index is 583. The minimum atomic E-state index is 0.555. The molecule has 0 bridgehead atoms. The van der Waals surface area contributed by atoms with Gasteiger partial charge in [0.2, 0.25) is 0 Å². The van der Waals surface area contributed by atoms with Crippen LogP contribution in [0.1, 0.15) is 18.3 Å². The maximum Gasteiger partial charge on any atom is 0.133 e. The molecule has 2 aromatic rings. The molecular formula is C16H22BrN3O. The van der Waals surface area contributed by atoms with Gasteiger partial charge in [-0.25, -0.2) is 4.98 Å². The van der Waals surface area contributed by atoms with E-state index in [4.69, 9.17) is 4.74 Å². The van der Waals surface area contributed by atoms with Crippen molar-refractivity contribution in [1.29, 1.82) is 0 Å². The fraction of sp³-hybridized carbons (Fsp3) is 0.438. The number of rotatable bonds is 7. The van der Waals surface area contributed by atoms with Crippen LogP contribution >= 0.6 is 15.9 Å². The molecule has 0 radical (unpaired) electrons. The van der Waals surface area contributed by atoms with Gasteiger partial charge in [0.05, 0.1) is 11.6 Å². The largest absolute Gasteiger partial charge is 0.496 e. The lowest BCUT2D eigenvalue weighted by Crippen LogP contribution is -2.24. The van der Waals surface area contributed by atoms with Gasteiger partial charge in [-0.15, -0.1) is 0 Å². The van der Waals surface area contributed by atoms with E-state index in [0.717, 1.165) is 35.7 Å². The van der Waals surface area contributed by atoms with Crippen molar-refractivity contribution in [2.45, 2.75) is 26.9 Å². The first-order valence-corrected chi connectivity index (χ1v) is 7.90. The third kappa shape index (κ3) is 4.58. The molecule has 114 valence electrons. The van der Waals surface area contributed by atoms with Gasteiger partial charge in [-0.05, 0) is 53.0 Å². The summed E-state index contributed by atoms with van der Waals surface area (Å²) in [5, 5.41) is 3.50. The molecule has 0 aliphatic rings. The Labute approximate surface area is 134 Å². The van der Waals surface area contributed by atoms with E-state index in [1.165, 1.54) is 5.56 Å². The average molecular weight is 352 g/mol. The fourth-order valence-electron chi connectivity index (χ4n) is 2.28. The van der Waals surface area contributed by atoms with Crippen LogP contribution < -0.4 is 10.1 Å². The number of benzene rings is 1. The number of ether oxygens (including phenoxy) is 1. The van der Waals surface area contributed by atoms with Crippen molar-refractivity contribution in [3.63, 3.8) is 0 Å². The number of hydrogen-bond donors (Lipinski definition) is 1. The van der Waals surface area contributed by atoms with E-state index in [0.29, 0.717) is 5.92 Å². The maximum absolute atomic E-state index is 5.24. The molecule has 0 spiro atoms. The molecule has 0 amide bonds. The summed E-state index contributed by atoms with van der Waals surface area (Å²) in [5.74, 6) is 2.49. The number of nitrogens with zero attached hydrogens (tertiary/aromatic N) is 2. The van der Waals surface area contributed by atoms with Crippen LogP contribution in [-0.2, 0) is 13.1 Å². The highest BCUT2D eigenvalue weighted by Crippen LogP contribution is 2.25. The Morgan fingerprint density at radius 2 is 2.24 bits per heavy atom. The van der Waals surface area contributed by atoms with Crippen molar-refractivity contribution < 1.29 is 4.74 Å². The summed E-state index contributed by atoms with van der Waals surface area (Å²) in [5.41, 5.74) is 1.24. The van der Waals surface area contributed by atoms with Gasteiger partial charge in [-0.2, -0.15) is 0 Å². The molecule has 1 N–H and O–H groups in total. The van der Waals surface area contributed by atoms with E-state index < -0.39 is 0 Å². The first kappa shape index (κ1) is 16.0. The van der Waals surface area contributed by atoms with Crippen molar-refractivity contribution >= 4 is 15.9 Å². The zero-order valence-corrected chi connectivity index (χ0v) is 14.4. The Kier molecular flexibility index (Phi) is 5.82. The lowest BCUT2D eigenvalue weighted by Gasteiger charge is -2.15. The number of aromatic nitrogens is 2. The lowest BCUT2D eigenvalue weighted by molar-refractivity contribution is 0.411. The summed E-state index contributed by atoms with van der Waals surface area (Å²) >= 11 is 3.51. The van der Waals surface area contributed by atoms with Gasteiger partial charge in [0.15, 0.2) is 0 Å². The van der Waals surface area contributed by atoms with Crippen molar-refractivity contribution in [2.24, 2.45) is 5.92 Å². The van der Waals surface area contributed by atoms with Gasteiger partial charge in [-0.3, -0.25) is 0 Å². The third-order valence-corrected chi connectivity index (χ3v) is 4.09. The number of halogens is 1. The minimum absolute atomic E-state index is 0.555. The molecule has 2 rings (SSSR count). The molecule has 21 heavy (non-hydrogen) atoms. The van der Waals surface area contributed by atoms with Crippen molar-refractivity contribution in [1.82, 2.24) is 14.9 Å². The second-order valence-electron chi connectivity index (χ2n) is 5.33. The van der Waals surface area contributed by atoms with Crippen LogP contribution in [0.4, 0.5) is 0 Å². The first-order valence-electron chi connectivity index (χ1n) is 7.11. The lowest BCUT2D eigenvalue weighted by atomic mass is 10.1. The summed E-state index contributed by atoms with van der Waals surface area (Å²) in [6, 6.07) is 6.16. The molecule has 1 unspecified atom stereocenters. The topological polar surface area (TPSA) is 39.1 Å². The van der Waals surface area contributed by atoms with Crippen LogP contribution in [0.15, 0.2) is 35.1 Å². The van der Waals surface area contributed by atoms with Gasteiger partial charge in [0.1, 0.15) is 11.6 Å². The van der Waals surface area contributed by atoms with Crippen molar-refractivity contribution in [3.8, 4) is 5.75 Å². The molecule has 1 heterocycles. The summed E-state index contributed by atoms with van der Waals surface area (Å²) < 4.78 is 8.42. The molecule has 1 aromatic heterocycles. The minimum Gasteiger partial charge on any atom is -0.496 e. The highest BCUT2D eigenvalue weighted by Gasteiger charge is 2.06. The Morgan fingerprint density at radius 3 is 2.86 bits per heavy atom. The Balaban J connectivity index is 1.78. The molecule has 4 nitrogen and oxygen atoms in total. The van der Waals surface area contributed by atoms with Gasteiger partial charge < -0.3 is 14.6 Å². The van der Waals surface area contributed by atoms with Crippen molar-refractivity contribution in [2.75, 3.05) is 13.7 Å². The van der Waals surface area contributed by atoms with Gasteiger partial charge >= 0.3 is 0 Å². The molecule has 0 fully saturated rings. The highest BCUT2D eigenvalue weighted by molar-refractivity contribution is 9.10. The standard InChI is InChI=1S/C16H22BrN3O/c1-12(11-20-7-6-19-13(20)2)9-18-10-14-4-5-16(21-3)15(17)8-14/h4-8,12,18H,9-11H2,1-3H3. The normalized spacial score (nSPS) is 12.4. The van der Waals surface area contributed by atoms with Gasteiger partial charge in [-0.1, -0.05) is 13.0 Å². The average Bonchev–Trinajstić information content (AvgIpc) is 2.84. The van der Waals surface area contributed by atoms with E-state index >= 15 is 0 Å². The summed E-state index contributed by atoms with van der Waals surface area (Å²) in [6.07, 6.45) is 3.89. The van der Waals surface area contributed by atoms with Crippen LogP contribution in [0, 0.1) is 12.8 Å². The van der Waals surface area contributed by atoms with Gasteiger partial charge in [0.25, 0.3) is 0 Å². The monoisotopic (exact) mass is 351 g/mol.